The monoisotopic (exact) mass is 482 g/mol. The molecule has 35 heavy (non-hydrogen) atoms. The third kappa shape index (κ3) is 5.16. The maximum atomic E-state index is 10.8. The summed E-state index contributed by atoms with van der Waals surface area (Å²) in [5.74, 6) is 0. The van der Waals surface area contributed by atoms with Crippen molar-refractivity contribution in [2.24, 2.45) is 0 Å². The van der Waals surface area contributed by atoms with Crippen LogP contribution in [0.5, 0.6) is 0 Å². The minimum Gasteiger partial charge on any atom is -0.412 e. The molecule has 4 rings (SSSR count). The highest BCUT2D eigenvalue weighted by atomic mass is 28.4. The first-order chi connectivity index (χ1) is 17.0. The van der Waals surface area contributed by atoms with Crippen molar-refractivity contribution in [3.05, 3.63) is 144 Å². The van der Waals surface area contributed by atoms with Crippen LogP contribution in [-0.2, 0) is 14.6 Å². The van der Waals surface area contributed by atoms with E-state index in [1.54, 1.807) is 7.11 Å². The first kappa shape index (κ1) is 25.1. The summed E-state index contributed by atoms with van der Waals surface area (Å²) in [6.07, 6.45) is -0.694. The molecule has 0 amide bonds. The molecule has 1 N–H and O–H groups in total. The molecule has 3 nitrogen and oxygen atoms in total. The van der Waals surface area contributed by atoms with Gasteiger partial charge in [0.05, 0.1) is 17.7 Å². The van der Waals surface area contributed by atoms with Crippen molar-refractivity contribution in [2.45, 2.75) is 30.3 Å². The molecule has 0 radical (unpaired) electrons. The van der Waals surface area contributed by atoms with Crippen molar-refractivity contribution in [3.8, 4) is 0 Å². The zero-order valence-electron chi connectivity index (χ0n) is 20.7. The highest BCUT2D eigenvalue weighted by Crippen LogP contribution is 2.46. The Morgan fingerprint density at radius 2 is 1.03 bits per heavy atom. The molecular formula is C31H34O3Si. The lowest BCUT2D eigenvalue weighted by Gasteiger charge is -2.47. The second kappa shape index (κ2) is 11.1. The Morgan fingerprint density at radius 3 is 1.40 bits per heavy atom. The van der Waals surface area contributed by atoms with Crippen LogP contribution in [0.3, 0.4) is 0 Å². The van der Waals surface area contributed by atoms with Gasteiger partial charge in [-0.05, 0) is 35.3 Å². The molecule has 0 saturated heterocycles. The standard InChI is InChI=1S/C31H34O3Si/c1-33-30(35(2,3)34-24-29(32)25-16-8-4-9-17-25)31(26-18-10-5-11-19-26,27-20-12-6-13-21-27)28-22-14-7-15-23-28/h4-23,29-30,32H,24H2,1-3H3/t29-,30-/m1/s1. The summed E-state index contributed by atoms with van der Waals surface area (Å²) in [5.41, 5.74) is 3.44. The molecule has 0 bridgehead atoms. The Kier molecular flexibility index (Phi) is 7.99. The van der Waals surface area contributed by atoms with Gasteiger partial charge in [0.15, 0.2) is 0 Å². The molecule has 0 fully saturated rings. The molecule has 0 heterocycles. The molecule has 180 valence electrons. The van der Waals surface area contributed by atoms with Crippen LogP contribution in [-0.4, -0.2) is 32.9 Å². The summed E-state index contributed by atoms with van der Waals surface area (Å²) in [6.45, 7) is 4.59. The van der Waals surface area contributed by atoms with E-state index in [9.17, 15) is 5.11 Å². The third-order valence-corrected chi connectivity index (χ3v) is 9.59. The van der Waals surface area contributed by atoms with E-state index in [4.69, 9.17) is 9.16 Å². The van der Waals surface area contributed by atoms with Gasteiger partial charge in [-0.3, -0.25) is 0 Å². The molecule has 0 spiro atoms. The van der Waals surface area contributed by atoms with Crippen molar-refractivity contribution >= 4 is 8.32 Å². The van der Waals surface area contributed by atoms with E-state index in [1.807, 2.05) is 48.5 Å². The van der Waals surface area contributed by atoms with E-state index in [0.717, 1.165) is 22.3 Å². The smallest absolute Gasteiger partial charge is 0.216 e. The van der Waals surface area contributed by atoms with Gasteiger partial charge in [0.25, 0.3) is 0 Å². The van der Waals surface area contributed by atoms with Crippen molar-refractivity contribution in [2.75, 3.05) is 13.7 Å². The molecule has 0 aromatic heterocycles. The lowest BCUT2D eigenvalue weighted by atomic mass is 9.69. The normalized spacial score (nSPS) is 13.8. The number of ether oxygens (including phenoxy) is 1. The molecule has 0 saturated carbocycles. The molecule has 4 heteroatoms. The van der Waals surface area contributed by atoms with E-state index < -0.39 is 19.8 Å². The van der Waals surface area contributed by atoms with Gasteiger partial charge in [-0.2, -0.15) is 0 Å². The summed E-state index contributed by atoms with van der Waals surface area (Å²) in [6, 6.07) is 41.3. The summed E-state index contributed by atoms with van der Waals surface area (Å²) in [4.78, 5) is 0. The van der Waals surface area contributed by atoms with Crippen molar-refractivity contribution in [1.29, 1.82) is 0 Å². The van der Waals surface area contributed by atoms with Crippen LogP contribution in [0.15, 0.2) is 121 Å². The highest BCUT2D eigenvalue weighted by Gasteiger charge is 2.53. The number of aliphatic hydroxyl groups excluding tert-OH is 1. The largest absolute Gasteiger partial charge is 0.412 e. The predicted molar refractivity (Wildman–Crippen MR) is 145 cm³/mol. The number of benzene rings is 4. The maximum Gasteiger partial charge on any atom is 0.216 e. The SMILES string of the molecule is CO[C@@H](C(c1ccccc1)(c1ccccc1)c1ccccc1)[Si](C)(C)OC[C@@H](O)c1ccccc1. The van der Waals surface area contributed by atoms with Crippen LogP contribution >= 0.6 is 0 Å². The Balaban J connectivity index is 1.84. The Hall–Kier alpha value is -3.02. The van der Waals surface area contributed by atoms with Gasteiger partial charge in [-0.25, -0.2) is 0 Å². The number of rotatable bonds is 10. The summed E-state index contributed by atoms with van der Waals surface area (Å²) >= 11 is 0. The van der Waals surface area contributed by atoms with Crippen molar-refractivity contribution in [3.63, 3.8) is 0 Å². The fourth-order valence-electron chi connectivity index (χ4n) is 5.18. The van der Waals surface area contributed by atoms with Crippen molar-refractivity contribution < 1.29 is 14.3 Å². The second-order valence-corrected chi connectivity index (χ2v) is 13.4. The molecule has 0 unspecified atom stereocenters. The topological polar surface area (TPSA) is 38.7 Å². The van der Waals surface area contributed by atoms with E-state index in [1.165, 1.54) is 0 Å². The second-order valence-electron chi connectivity index (χ2n) is 9.36. The van der Waals surface area contributed by atoms with Gasteiger partial charge >= 0.3 is 0 Å². The third-order valence-electron chi connectivity index (χ3n) is 6.75. The lowest BCUT2D eigenvalue weighted by Crippen LogP contribution is -2.59. The summed E-state index contributed by atoms with van der Waals surface area (Å²) < 4.78 is 13.1. The first-order valence-corrected chi connectivity index (χ1v) is 15.0. The van der Waals surface area contributed by atoms with E-state index in [0.29, 0.717) is 0 Å². The van der Waals surface area contributed by atoms with Crippen LogP contribution in [0.1, 0.15) is 28.4 Å². The zero-order valence-corrected chi connectivity index (χ0v) is 21.7. The number of methoxy groups -OCH3 is 1. The highest BCUT2D eigenvalue weighted by molar-refractivity contribution is 6.73. The zero-order chi connectivity index (χ0) is 24.7. The molecule has 0 aliphatic carbocycles. The van der Waals surface area contributed by atoms with E-state index >= 15 is 0 Å². The molecular weight excluding hydrogens is 448 g/mol. The summed E-state index contributed by atoms with van der Waals surface area (Å²) in [5, 5.41) is 10.8. The van der Waals surface area contributed by atoms with Gasteiger partial charge in [0, 0.05) is 7.11 Å². The van der Waals surface area contributed by atoms with Gasteiger partial charge in [-0.15, -0.1) is 0 Å². The van der Waals surface area contributed by atoms with Gasteiger partial charge in [-0.1, -0.05) is 121 Å². The molecule has 0 aliphatic heterocycles. The van der Waals surface area contributed by atoms with Crippen LogP contribution in [0.4, 0.5) is 0 Å². The fourth-order valence-corrected chi connectivity index (χ4v) is 8.03. The molecule has 2 atom stereocenters. The predicted octanol–water partition coefficient (Wildman–Crippen LogP) is 6.53. The Morgan fingerprint density at radius 1 is 0.657 bits per heavy atom. The minimum atomic E-state index is -2.59. The van der Waals surface area contributed by atoms with Crippen LogP contribution in [0, 0.1) is 0 Å². The van der Waals surface area contributed by atoms with Crippen LogP contribution < -0.4 is 0 Å². The number of hydrogen-bond donors (Lipinski definition) is 1. The Bertz CT molecular complexity index is 1070. The maximum absolute atomic E-state index is 10.8. The van der Waals surface area contributed by atoms with Crippen LogP contribution in [0.25, 0.3) is 0 Å². The average Bonchev–Trinajstić information content (AvgIpc) is 2.92. The van der Waals surface area contributed by atoms with E-state index in [-0.39, 0.29) is 12.3 Å². The van der Waals surface area contributed by atoms with Crippen molar-refractivity contribution in [1.82, 2.24) is 0 Å². The quantitative estimate of drug-likeness (QED) is 0.206. The summed E-state index contributed by atoms with van der Waals surface area (Å²) in [7, 11) is -0.817. The van der Waals surface area contributed by atoms with Gasteiger partial charge in [0.2, 0.25) is 8.32 Å². The lowest BCUT2D eigenvalue weighted by molar-refractivity contribution is 0.0668. The first-order valence-electron chi connectivity index (χ1n) is 12.1. The van der Waals surface area contributed by atoms with E-state index in [2.05, 4.69) is 85.9 Å². The molecule has 0 aliphatic rings. The van der Waals surface area contributed by atoms with Crippen LogP contribution in [0.2, 0.25) is 13.1 Å². The number of hydrogen-bond acceptors (Lipinski definition) is 3. The number of aliphatic hydroxyl groups is 1. The molecule has 4 aromatic carbocycles. The fraction of sp³-hybridized carbons (Fsp3) is 0.226. The molecule has 4 aromatic rings. The average molecular weight is 483 g/mol. The minimum absolute atomic E-state index is 0.220. The Labute approximate surface area is 210 Å². The van der Waals surface area contributed by atoms with Gasteiger partial charge < -0.3 is 14.3 Å². The van der Waals surface area contributed by atoms with Gasteiger partial charge in [0.1, 0.15) is 6.10 Å².